The number of alkyl halides is 1. The van der Waals surface area contributed by atoms with E-state index in [1.165, 1.54) is 14.2 Å². The molecule has 0 bridgehead atoms. The molecule has 0 spiro atoms. The Balaban J connectivity index is 3.26. The molecular weight excluding hydrogens is 283 g/mol. The monoisotopic (exact) mass is 292 g/mol. The lowest BCUT2D eigenvalue weighted by atomic mass is 10.1. The van der Waals surface area contributed by atoms with Gasteiger partial charge in [-0.05, 0) is 6.07 Å². The van der Waals surface area contributed by atoms with E-state index >= 15 is 0 Å². The molecule has 0 N–H and O–H groups in total. The van der Waals surface area contributed by atoms with E-state index in [9.17, 15) is 4.79 Å². The lowest BCUT2D eigenvalue weighted by Crippen LogP contribution is -1.97. The van der Waals surface area contributed by atoms with Gasteiger partial charge in [0.15, 0.2) is 0 Å². The molecule has 0 aromatic heterocycles. The third kappa shape index (κ3) is 2.63. The number of halogens is 2. The standard InChI is InChI=1S/C10H10BrClO3/c1-14-9-4-10(15-2)8(12)3-6(9)7(11)5-13/h3-5,7H,1-2H3/t7-/m1/s1. The Morgan fingerprint density at radius 1 is 1.33 bits per heavy atom. The fraction of sp³-hybridized carbons (Fsp3) is 0.300. The van der Waals surface area contributed by atoms with Gasteiger partial charge in [0.25, 0.3) is 0 Å². The first-order valence-electron chi connectivity index (χ1n) is 4.14. The summed E-state index contributed by atoms with van der Waals surface area (Å²) in [6.07, 6.45) is 0.765. The molecule has 0 aliphatic carbocycles. The van der Waals surface area contributed by atoms with Crippen LogP contribution in [0.2, 0.25) is 5.02 Å². The molecule has 0 amide bonds. The molecule has 82 valence electrons. The van der Waals surface area contributed by atoms with Gasteiger partial charge in [-0.1, -0.05) is 27.5 Å². The maximum absolute atomic E-state index is 10.7. The highest BCUT2D eigenvalue weighted by molar-refractivity contribution is 9.09. The van der Waals surface area contributed by atoms with E-state index in [0.717, 1.165) is 6.29 Å². The smallest absolute Gasteiger partial charge is 0.141 e. The van der Waals surface area contributed by atoms with E-state index in [-0.39, 0.29) is 0 Å². The molecule has 0 unspecified atom stereocenters. The van der Waals surface area contributed by atoms with Gasteiger partial charge in [-0.3, -0.25) is 0 Å². The molecule has 0 aliphatic rings. The highest BCUT2D eigenvalue weighted by atomic mass is 79.9. The first-order valence-corrected chi connectivity index (χ1v) is 5.44. The first-order chi connectivity index (χ1) is 7.13. The quantitative estimate of drug-likeness (QED) is 0.632. The minimum absolute atomic E-state index is 0.434. The maximum atomic E-state index is 10.7. The molecule has 0 aliphatic heterocycles. The van der Waals surface area contributed by atoms with E-state index in [4.69, 9.17) is 21.1 Å². The summed E-state index contributed by atoms with van der Waals surface area (Å²) in [5.41, 5.74) is 0.679. The fourth-order valence-electron chi connectivity index (χ4n) is 1.17. The molecule has 0 radical (unpaired) electrons. The van der Waals surface area contributed by atoms with Crippen molar-refractivity contribution in [3.05, 3.63) is 22.7 Å². The summed E-state index contributed by atoms with van der Waals surface area (Å²) in [4.78, 5) is 10.2. The predicted octanol–water partition coefficient (Wildman–Crippen LogP) is 2.99. The van der Waals surface area contributed by atoms with Gasteiger partial charge in [0.1, 0.15) is 17.8 Å². The number of hydrogen-bond donors (Lipinski definition) is 0. The number of carbonyl (C=O) groups excluding carboxylic acids is 1. The Morgan fingerprint density at radius 3 is 2.40 bits per heavy atom. The molecule has 0 fully saturated rings. The van der Waals surface area contributed by atoms with Crippen molar-refractivity contribution in [1.82, 2.24) is 0 Å². The number of carbonyl (C=O) groups is 1. The van der Waals surface area contributed by atoms with Crippen LogP contribution in [0, 0.1) is 0 Å². The van der Waals surface area contributed by atoms with Crippen LogP contribution in [0.4, 0.5) is 0 Å². The van der Waals surface area contributed by atoms with Gasteiger partial charge < -0.3 is 14.3 Å². The van der Waals surface area contributed by atoms with Gasteiger partial charge in [0.05, 0.1) is 24.1 Å². The lowest BCUT2D eigenvalue weighted by Gasteiger charge is -2.12. The van der Waals surface area contributed by atoms with Crippen molar-refractivity contribution >= 4 is 33.8 Å². The second kappa shape index (κ2) is 5.37. The van der Waals surface area contributed by atoms with Crippen LogP contribution in [0.25, 0.3) is 0 Å². The summed E-state index contributed by atoms with van der Waals surface area (Å²) in [6, 6.07) is 3.29. The minimum Gasteiger partial charge on any atom is -0.496 e. The van der Waals surface area contributed by atoms with Gasteiger partial charge in [-0.15, -0.1) is 0 Å². The van der Waals surface area contributed by atoms with E-state index in [1.54, 1.807) is 12.1 Å². The predicted molar refractivity (Wildman–Crippen MR) is 62.3 cm³/mol. The van der Waals surface area contributed by atoms with Gasteiger partial charge in [-0.25, -0.2) is 0 Å². The lowest BCUT2D eigenvalue weighted by molar-refractivity contribution is -0.107. The summed E-state index contributed by atoms with van der Waals surface area (Å²) in [7, 11) is 3.04. The average molecular weight is 294 g/mol. The number of hydrogen-bond acceptors (Lipinski definition) is 3. The molecule has 1 aromatic rings. The highest BCUT2D eigenvalue weighted by Gasteiger charge is 2.15. The number of ether oxygens (including phenoxy) is 2. The van der Waals surface area contributed by atoms with Crippen molar-refractivity contribution in [2.45, 2.75) is 4.83 Å². The van der Waals surface area contributed by atoms with Crippen LogP contribution in [-0.2, 0) is 4.79 Å². The summed E-state index contributed by atoms with van der Waals surface area (Å²) in [5, 5.41) is 0.444. The molecule has 1 rings (SSSR count). The summed E-state index contributed by atoms with van der Waals surface area (Å²) in [6.45, 7) is 0. The highest BCUT2D eigenvalue weighted by Crippen LogP contribution is 2.37. The van der Waals surface area contributed by atoms with Gasteiger partial charge >= 0.3 is 0 Å². The number of methoxy groups -OCH3 is 2. The van der Waals surface area contributed by atoms with Crippen LogP contribution in [0.3, 0.4) is 0 Å². The SMILES string of the molecule is COc1cc(OC)c([C@H](Br)C=O)cc1Cl. The van der Waals surface area contributed by atoms with Gasteiger partial charge in [0.2, 0.25) is 0 Å². The van der Waals surface area contributed by atoms with E-state index in [2.05, 4.69) is 15.9 Å². The van der Waals surface area contributed by atoms with Crippen LogP contribution >= 0.6 is 27.5 Å². The van der Waals surface area contributed by atoms with Crippen molar-refractivity contribution in [3.63, 3.8) is 0 Å². The van der Waals surface area contributed by atoms with Crippen molar-refractivity contribution in [1.29, 1.82) is 0 Å². The van der Waals surface area contributed by atoms with Crippen LogP contribution in [-0.4, -0.2) is 20.5 Å². The minimum atomic E-state index is -0.434. The van der Waals surface area contributed by atoms with Crippen LogP contribution < -0.4 is 9.47 Å². The van der Waals surface area contributed by atoms with Gasteiger partial charge in [-0.2, -0.15) is 0 Å². The topological polar surface area (TPSA) is 35.5 Å². The molecule has 0 saturated heterocycles. The Labute approximate surface area is 101 Å². The molecule has 1 atom stereocenters. The molecule has 3 nitrogen and oxygen atoms in total. The second-order valence-corrected chi connectivity index (χ2v) is 4.16. The van der Waals surface area contributed by atoms with E-state index in [1.807, 2.05) is 0 Å². The van der Waals surface area contributed by atoms with Crippen molar-refractivity contribution in [2.24, 2.45) is 0 Å². The van der Waals surface area contributed by atoms with Crippen LogP contribution in [0.1, 0.15) is 10.4 Å². The van der Waals surface area contributed by atoms with E-state index in [0.29, 0.717) is 22.1 Å². The number of rotatable bonds is 4. The Morgan fingerprint density at radius 2 is 1.93 bits per heavy atom. The van der Waals surface area contributed by atoms with Crippen LogP contribution in [0.15, 0.2) is 12.1 Å². The summed E-state index contributed by atoms with van der Waals surface area (Å²) < 4.78 is 10.2. The molecule has 0 heterocycles. The zero-order valence-electron chi connectivity index (χ0n) is 8.29. The van der Waals surface area contributed by atoms with Crippen molar-refractivity contribution in [2.75, 3.05) is 14.2 Å². The molecule has 0 saturated carbocycles. The number of aldehydes is 1. The third-order valence-corrected chi connectivity index (χ3v) is 2.93. The molecule has 15 heavy (non-hydrogen) atoms. The zero-order valence-corrected chi connectivity index (χ0v) is 10.6. The molecular formula is C10H10BrClO3. The Bertz CT molecular complexity index is 368. The maximum Gasteiger partial charge on any atom is 0.141 e. The Hall–Kier alpha value is -0.740. The van der Waals surface area contributed by atoms with Gasteiger partial charge in [0, 0.05) is 11.6 Å². The van der Waals surface area contributed by atoms with Crippen LogP contribution in [0.5, 0.6) is 11.5 Å². The van der Waals surface area contributed by atoms with E-state index < -0.39 is 4.83 Å². The summed E-state index contributed by atoms with van der Waals surface area (Å²) in [5.74, 6) is 1.08. The third-order valence-electron chi connectivity index (χ3n) is 1.92. The average Bonchev–Trinajstić information content (AvgIpc) is 2.27. The Kier molecular flexibility index (Phi) is 4.42. The fourth-order valence-corrected chi connectivity index (χ4v) is 1.78. The normalized spacial score (nSPS) is 12.0. The van der Waals surface area contributed by atoms with Crippen molar-refractivity contribution < 1.29 is 14.3 Å². The molecule has 1 aromatic carbocycles. The largest absolute Gasteiger partial charge is 0.496 e. The number of benzene rings is 1. The summed E-state index contributed by atoms with van der Waals surface area (Å²) >= 11 is 9.15. The zero-order chi connectivity index (χ0) is 11.4. The van der Waals surface area contributed by atoms with Crippen molar-refractivity contribution in [3.8, 4) is 11.5 Å². The molecule has 5 heteroatoms. The first kappa shape index (κ1) is 12.3. The second-order valence-electron chi connectivity index (χ2n) is 2.77.